The summed E-state index contributed by atoms with van der Waals surface area (Å²) < 4.78 is 1.62. The third-order valence-electron chi connectivity index (χ3n) is 2.78. The fourth-order valence-corrected chi connectivity index (χ4v) is 1.86. The molecule has 0 aliphatic carbocycles. The molecule has 5 heteroatoms. The maximum Gasteiger partial charge on any atom is 0.259 e. The molecule has 1 amide bonds. The minimum absolute atomic E-state index is 0.243. The number of amides is 1. The van der Waals surface area contributed by atoms with Crippen LogP contribution >= 0.6 is 0 Å². The fourth-order valence-electron chi connectivity index (χ4n) is 1.86. The predicted molar refractivity (Wildman–Crippen MR) is 71.7 cm³/mol. The number of hydrogen-bond donors (Lipinski definition) is 1. The zero-order chi connectivity index (χ0) is 13.8. The first-order valence-corrected chi connectivity index (χ1v) is 5.98. The number of hydrogen-bond acceptors (Lipinski definition) is 3. The molecule has 0 spiro atoms. The highest BCUT2D eigenvalue weighted by Gasteiger charge is 2.15. The predicted octanol–water partition coefficient (Wildman–Crippen LogP) is 2.11. The summed E-state index contributed by atoms with van der Waals surface area (Å²) in [5.41, 5.74) is 2.24. The van der Waals surface area contributed by atoms with E-state index in [1.807, 2.05) is 6.92 Å². The van der Waals surface area contributed by atoms with Crippen molar-refractivity contribution < 1.29 is 4.79 Å². The van der Waals surface area contributed by atoms with Crippen LogP contribution in [0.1, 0.15) is 28.5 Å². The standard InChI is InChI=1S/C14H14N4O/c1-3-12-11(9-18(2)17-12)14(19)16-13-7-5-4-6-10(13)8-15/h4-7,9H,3H2,1-2H3,(H,16,19). The summed E-state index contributed by atoms with van der Waals surface area (Å²) >= 11 is 0. The van der Waals surface area contributed by atoms with Crippen molar-refractivity contribution in [2.75, 3.05) is 5.32 Å². The second-order valence-electron chi connectivity index (χ2n) is 4.13. The van der Waals surface area contributed by atoms with Gasteiger partial charge in [-0.25, -0.2) is 0 Å². The van der Waals surface area contributed by atoms with E-state index in [0.29, 0.717) is 23.2 Å². The van der Waals surface area contributed by atoms with Gasteiger partial charge in [-0.1, -0.05) is 19.1 Å². The molecule has 0 bridgehead atoms. The smallest absolute Gasteiger partial charge is 0.259 e. The second-order valence-corrected chi connectivity index (χ2v) is 4.13. The van der Waals surface area contributed by atoms with Crippen LogP contribution in [0.5, 0.6) is 0 Å². The lowest BCUT2D eigenvalue weighted by Gasteiger charge is -2.06. The number of carbonyl (C=O) groups excluding carboxylic acids is 1. The Morgan fingerprint density at radius 3 is 2.89 bits per heavy atom. The Morgan fingerprint density at radius 1 is 1.47 bits per heavy atom. The molecule has 1 heterocycles. The molecule has 1 aromatic carbocycles. The van der Waals surface area contributed by atoms with Crippen LogP contribution in [0, 0.1) is 11.3 Å². The van der Waals surface area contributed by atoms with Gasteiger partial charge in [0.25, 0.3) is 5.91 Å². The normalized spacial score (nSPS) is 9.95. The van der Waals surface area contributed by atoms with Gasteiger partial charge in [0.05, 0.1) is 22.5 Å². The van der Waals surface area contributed by atoms with Crippen LogP contribution in [0.3, 0.4) is 0 Å². The van der Waals surface area contributed by atoms with Gasteiger partial charge in [-0.3, -0.25) is 9.48 Å². The Hall–Kier alpha value is -2.61. The highest BCUT2D eigenvalue weighted by atomic mass is 16.1. The molecule has 0 fully saturated rings. The average molecular weight is 254 g/mol. The van der Waals surface area contributed by atoms with Crippen molar-refractivity contribution in [3.63, 3.8) is 0 Å². The third-order valence-corrected chi connectivity index (χ3v) is 2.78. The lowest BCUT2D eigenvalue weighted by molar-refractivity contribution is 0.102. The highest BCUT2D eigenvalue weighted by molar-refractivity contribution is 6.05. The summed E-state index contributed by atoms with van der Waals surface area (Å²) in [6, 6.07) is 8.96. The van der Waals surface area contributed by atoms with E-state index in [0.717, 1.165) is 5.69 Å². The van der Waals surface area contributed by atoms with Crippen LogP contribution in [0.2, 0.25) is 0 Å². The molecule has 1 aromatic heterocycles. The van der Waals surface area contributed by atoms with Crippen molar-refractivity contribution >= 4 is 11.6 Å². The van der Waals surface area contributed by atoms with Crippen LogP contribution < -0.4 is 5.32 Å². The Kier molecular flexibility index (Phi) is 3.62. The number of nitrogens with one attached hydrogen (secondary N) is 1. The molecular weight excluding hydrogens is 240 g/mol. The fraction of sp³-hybridized carbons (Fsp3) is 0.214. The molecular formula is C14H14N4O. The molecule has 0 unspecified atom stereocenters. The van der Waals surface area contributed by atoms with E-state index in [4.69, 9.17) is 5.26 Å². The second kappa shape index (κ2) is 5.36. The van der Waals surface area contributed by atoms with E-state index in [-0.39, 0.29) is 5.91 Å². The van der Waals surface area contributed by atoms with E-state index >= 15 is 0 Å². The summed E-state index contributed by atoms with van der Waals surface area (Å²) in [6.45, 7) is 1.95. The molecule has 0 atom stereocenters. The van der Waals surface area contributed by atoms with E-state index in [2.05, 4.69) is 16.5 Å². The molecule has 2 aromatic rings. The number of benzene rings is 1. The van der Waals surface area contributed by atoms with Crippen molar-refractivity contribution in [2.24, 2.45) is 7.05 Å². The van der Waals surface area contributed by atoms with Gasteiger partial charge in [-0.05, 0) is 18.6 Å². The van der Waals surface area contributed by atoms with Crippen LogP contribution in [0.15, 0.2) is 30.5 Å². The molecule has 1 N–H and O–H groups in total. The minimum Gasteiger partial charge on any atom is -0.321 e. The first-order chi connectivity index (χ1) is 9.15. The lowest BCUT2D eigenvalue weighted by Crippen LogP contribution is -2.14. The van der Waals surface area contributed by atoms with Gasteiger partial charge in [-0.15, -0.1) is 0 Å². The number of para-hydroxylation sites is 1. The largest absolute Gasteiger partial charge is 0.321 e. The molecule has 96 valence electrons. The van der Waals surface area contributed by atoms with Crippen molar-refractivity contribution in [1.82, 2.24) is 9.78 Å². The molecule has 19 heavy (non-hydrogen) atoms. The Bertz CT molecular complexity index is 652. The molecule has 2 rings (SSSR count). The molecule has 5 nitrogen and oxygen atoms in total. The topological polar surface area (TPSA) is 70.7 Å². The van der Waals surface area contributed by atoms with Gasteiger partial charge < -0.3 is 5.32 Å². The summed E-state index contributed by atoms with van der Waals surface area (Å²) in [5.74, 6) is -0.243. The Labute approximate surface area is 111 Å². The number of nitrogens with zero attached hydrogens (tertiary/aromatic N) is 3. The zero-order valence-corrected chi connectivity index (χ0v) is 10.8. The first kappa shape index (κ1) is 12.8. The van der Waals surface area contributed by atoms with Gasteiger partial charge >= 0.3 is 0 Å². The number of aromatic nitrogens is 2. The van der Waals surface area contributed by atoms with E-state index in [9.17, 15) is 4.79 Å². The molecule has 0 saturated carbocycles. The molecule has 0 aliphatic rings. The van der Waals surface area contributed by atoms with Crippen LogP contribution in [0.25, 0.3) is 0 Å². The Morgan fingerprint density at radius 2 is 2.21 bits per heavy atom. The van der Waals surface area contributed by atoms with Gasteiger partial charge in [0, 0.05) is 13.2 Å². The van der Waals surface area contributed by atoms with Gasteiger partial charge in [0.1, 0.15) is 6.07 Å². The minimum atomic E-state index is -0.243. The van der Waals surface area contributed by atoms with Crippen LogP contribution in [0.4, 0.5) is 5.69 Å². The third kappa shape index (κ3) is 2.63. The van der Waals surface area contributed by atoms with E-state index in [1.165, 1.54) is 0 Å². The van der Waals surface area contributed by atoms with Gasteiger partial charge in [-0.2, -0.15) is 10.4 Å². The first-order valence-electron chi connectivity index (χ1n) is 5.98. The number of nitriles is 1. The SMILES string of the molecule is CCc1nn(C)cc1C(=O)Nc1ccccc1C#N. The van der Waals surface area contributed by atoms with Crippen molar-refractivity contribution in [1.29, 1.82) is 5.26 Å². The lowest BCUT2D eigenvalue weighted by atomic mass is 10.1. The number of anilines is 1. The van der Waals surface area contributed by atoms with Crippen molar-refractivity contribution in [3.8, 4) is 6.07 Å². The van der Waals surface area contributed by atoms with E-state index < -0.39 is 0 Å². The summed E-state index contributed by atoms with van der Waals surface area (Å²) in [5, 5.41) is 16.0. The zero-order valence-electron chi connectivity index (χ0n) is 10.8. The van der Waals surface area contributed by atoms with Gasteiger partial charge in [0.15, 0.2) is 0 Å². The molecule has 0 radical (unpaired) electrons. The highest BCUT2D eigenvalue weighted by Crippen LogP contribution is 2.16. The summed E-state index contributed by atoms with van der Waals surface area (Å²) in [7, 11) is 1.78. The maximum atomic E-state index is 12.2. The van der Waals surface area contributed by atoms with Crippen molar-refractivity contribution in [2.45, 2.75) is 13.3 Å². The summed E-state index contributed by atoms with van der Waals surface area (Å²) in [4.78, 5) is 12.2. The maximum absolute atomic E-state index is 12.2. The quantitative estimate of drug-likeness (QED) is 0.911. The van der Waals surface area contributed by atoms with E-state index in [1.54, 1.807) is 42.2 Å². The van der Waals surface area contributed by atoms with Gasteiger partial charge in [0.2, 0.25) is 0 Å². The number of rotatable bonds is 3. The van der Waals surface area contributed by atoms with Crippen LogP contribution in [-0.4, -0.2) is 15.7 Å². The molecule has 0 aliphatic heterocycles. The summed E-state index contributed by atoms with van der Waals surface area (Å²) in [6.07, 6.45) is 2.37. The van der Waals surface area contributed by atoms with Crippen molar-refractivity contribution in [3.05, 3.63) is 47.3 Å². The monoisotopic (exact) mass is 254 g/mol. The molecule has 0 saturated heterocycles. The Balaban J connectivity index is 2.28. The van der Waals surface area contributed by atoms with Crippen LogP contribution in [-0.2, 0) is 13.5 Å². The number of carbonyl (C=O) groups is 1. The average Bonchev–Trinajstić information content (AvgIpc) is 2.80. The number of aryl methyl sites for hydroxylation is 2.